The molecule has 13 heavy (non-hydrogen) atoms. The molecule has 2 rings (SSSR count). The fourth-order valence-corrected chi connectivity index (χ4v) is 1.95. The van der Waals surface area contributed by atoms with Crippen molar-refractivity contribution in [2.45, 2.75) is 25.7 Å². The molecule has 1 aromatic heterocycles. The van der Waals surface area contributed by atoms with Gasteiger partial charge in [-0.3, -0.25) is 5.10 Å². The average molecular weight is 179 g/mol. The van der Waals surface area contributed by atoms with E-state index in [0.29, 0.717) is 0 Å². The van der Waals surface area contributed by atoms with Crippen LogP contribution in [0, 0.1) is 5.92 Å². The molecule has 0 aliphatic carbocycles. The number of rotatable bonds is 3. The van der Waals surface area contributed by atoms with Crippen LogP contribution in [-0.2, 0) is 6.42 Å². The van der Waals surface area contributed by atoms with Gasteiger partial charge in [-0.2, -0.15) is 5.10 Å². The van der Waals surface area contributed by atoms with Gasteiger partial charge in [0.15, 0.2) is 0 Å². The molecule has 1 aromatic rings. The van der Waals surface area contributed by atoms with Crippen molar-refractivity contribution in [3.8, 4) is 0 Å². The number of nitrogens with zero attached hydrogens (tertiary/aromatic N) is 1. The molecule has 0 aromatic carbocycles. The average Bonchev–Trinajstić information content (AvgIpc) is 2.69. The lowest BCUT2D eigenvalue weighted by Crippen LogP contribution is -2.27. The highest BCUT2D eigenvalue weighted by molar-refractivity contribution is 4.97. The first-order valence-corrected chi connectivity index (χ1v) is 5.14. The van der Waals surface area contributed by atoms with Crippen LogP contribution in [0.1, 0.15) is 25.0 Å². The first-order chi connectivity index (χ1) is 6.45. The first kappa shape index (κ1) is 8.75. The largest absolute Gasteiger partial charge is 0.317 e. The number of aromatic nitrogens is 2. The number of aromatic amines is 1. The molecule has 0 unspecified atom stereocenters. The van der Waals surface area contributed by atoms with E-state index in [2.05, 4.69) is 21.6 Å². The molecule has 0 spiro atoms. The predicted molar refractivity (Wildman–Crippen MR) is 52.5 cm³/mol. The Bertz CT molecular complexity index is 224. The zero-order valence-corrected chi connectivity index (χ0v) is 7.92. The van der Waals surface area contributed by atoms with E-state index >= 15 is 0 Å². The third kappa shape index (κ3) is 2.56. The molecule has 1 saturated heterocycles. The lowest BCUT2D eigenvalue weighted by molar-refractivity contribution is 0.353. The Morgan fingerprint density at radius 3 is 2.92 bits per heavy atom. The molecular formula is C10H17N3. The van der Waals surface area contributed by atoms with Crippen molar-refractivity contribution < 1.29 is 0 Å². The minimum absolute atomic E-state index is 0.921. The number of piperidine rings is 1. The summed E-state index contributed by atoms with van der Waals surface area (Å²) in [4.78, 5) is 0. The molecule has 1 fully saturated rings. The number of nitrogens with one attached hydrogen (secondary N) is 2. The highest BCUT2D eigenvalue weighted by Gasteiger charge is 2.12. The fraction of sp³-hybridized carbons (Fsp3) is 0.700. The van der Waals surface area contributed by atoms with Gasteiger partial charge in [0, 0.05) is 11.9 Å². The number of aryl methyl sites for hydroxylation is 1. The highest BCUT2D eigenvalue weighted by atomic mass is 15.1. The monoisotopic (exact) mass is 179 g/mol. The Hall–Kier alpha value is -0.830. The van der Waals surface area contributed by atoms with Gasteiger partial charge >= 0.3 is 0 Å². The maximum absolute atomic E-state index is 3.95. The van der Waals surface area contributed by atoms with Gasteiger partial charge in [0.1, 0.15) is 0 Å². The molecule has 72 valence electrons. The Morgan fingerprint density at radius 1 is 1.38 bits per heavy atom. The van der Waals surface area contributed by atoms with Crippen LogP contribution in [0.3, 0.4) is 0 Å². The van der Waals surface area contributed by atoms with E-state index < -0.39 is 0 Å². The Kier molecular flexibility index (Phi) is 2.98. The molecule has 0 atom stereocenters. The predicted octanol–water partition coefficient (Wildman–Crippen LogP) is 1.34. The standard InChI is InChI=1S/C10H17N3/c1(2-10-5-8-12-13-10)9-3-6-11-7-4-9/h5,8-9,11H,1-4,6-7H2,(H,12,13). The van der Waals surface area contributed by atoms with Gasteiger partial charge in [-0.15, -0.1) is 0 Å². The van der Waals surface area contributed by atoms with Gasteiger partial charge in [-0.25, -0.2) is 0 Å². The van der Waals surface area contributed by atoms with Crippen molar-refractivity contribution in [1.29, 1.82) is 0 Å². The van der Waals surface area contributed by atoms with E-state index in [1.807, 2.05) is 6.20 Å². The topological polar surface area (TPSA) is 40.7 Å². The molecule has 1 aliphatic heterocycles. The van der Waals surface area contributed by atoms with Crippen LogP contribution in [-0.4, -0.2) is 23.3 Å². The fourth-order valence-electron chi connectivity index (χ4n) is 1.95. The van der Waals surface area contributed by atoms with Gasteiger partial charge in [0.05, 0.1) is 0 Å². The number of hydrogen-bond acceptors (Lipinski definition) is 2. The third-order valence-corrected chi connectivity index (χ3v) is 2.84. The van der Waals surface area contributed by atoms with Crippen LogP contribution in [0.2, 0.25) is 0 Å². The number of H-pyrrole nitrogens is 1. The summed E-state index contributed by atoms with van der Waals surface area (Å²) in [5.41, 5.74) is 1.28. The van der Waals surface area contributed by atoms with Crippen LogP contribution >= 0.6 is 0 Å². The summed E-state index contributed by atoms with van der Waals surface area (Å²) in [5, 5.41) is 10.3. The van der Waals surface area contributed by atoms with Crippen LogP contribution in [0.5, 0.6) is 0 Å². The summed E-state index contributed by atoms with van der Waals surface area (Å²) in [7, 11) is 0. The minimum Gasteiger partial charge on any atom is -0.317 e. The van der Waals surface area contributed by atoms with E-state index in [1.54, 1.807) is 0 Å². The summed E-state index contributed by atoms with van der Waals surface area (Å²) in [6.45, 7) is 2.40. The van der Waals surface area contributed by atoms with E-state index in [4.69, 9.17) is 0 Å². The smallest absolute Gasteiger partial charge is 0.0490 e. The lowest BCUT2D eigenvalue weighted by Gasteiger charge is -2.21. The van der Waals surface area contributed by atoms with E-state index in [0.717, 1.165) is 12.3 Å². The first-order valence-electron chi connectivity index (χ1n) is 5.14. The summed E-state index contributed by atoms with van der Waals surface area (Å²) in [6, 6.07) is 2.07. The second kappa shape index (κ2) is 4.42. The summed E-state index contributed by atoms with van der Waals surface area (Å²) < 4.78 is 0. The van der Waals surface area contributed by atoms with Gasteiger partial charge in [-0.1, -0.05) is 0 Å². The molecule has 2 heterocycles. The Morgan fingerprint density at radius 2 is 2.23 bits per heavy atom. The second-order valence-electron chi connectivity index (χ2n) is 3.81. The minimum atomic E-state index is 0.921. The normalized spacial score (nSPS) is 19.1. The van der Waals surface area contributed by atoms with Crippen molar-refractivity contribution in [2.75, 3.05) is 13.1 Å². The van der Waals surface area contributed by atoms with Gasteiger partial charge in [0.25, 0.3) is 0 Å². The van der Waals surface area contributed by atoms with E-state index in [1.165, 1.54) is 38.0 Å². The lowest BCUT2D eigenvalue weighted by atomic mass is 9.93. The van der Waals surface area contributed by atoms with Crippen molar-refractivity contribution >= 4 is 0 Å². The molecule has 0 amide bonds. The number of hydrogen-bond donors (Lipinski definition) is 2. The summed E-state index contributed by atoms with van der Waals surface area (Å²) in [5.74, 6) is 0.921. The zero-order chi connectivity index (χ0) is 8.93. The van der Waals surface area contributed by atoms with Gasteiger partial charge in [0.2, 0.25) is 0 Å². The van der Waals surface area contributed by atoms with Crippen molar-refractivity contribution in [3.05, 3.63) is 18.0 Å². The maximum atomic E-state index is 3.95. The zero-order valence-electron chi connectivity index (χ0n) is 7.92. The van der Waals surface area contributed by atoms with Crippen molar-refractivity contribution in [3.63, 3.8) is 0 Å². The van der Waals surface area contributed by atoms with Crippen LogP contribution < -0.4 is 5.32 Å². The molecule has 0 bridgehead atoms. The molecule has 0 radical (unpaired) electrons. The third-order valence-electron chi connectivity index (χ3n) is 2.84. The molecule has 3 heteroatoms. The molecule has 3 nitrogen and oxygen atoms in total. The Labute approximate surface area is 78.9 Å². The second-order valence-corrected chi connectivity index (χ2v) is 3.81. The maximum Gasteiger partial charge on any atom is 0.0490 e. The van der Waals surface area contributed by atoms with Crippen molar-refractivity contribution in [2.24, 2.45) is 5.92 Å². The summed E-state index contributed by atoms with van der Waals surface area (Å²) in [6.07, 6.45) is 6.98. The van der Waals surface area contributed by atoms with Crippen LogP contribution in [0.4, 0.5) is 0 Å². The van der Waals surface area contributed by atoms with Crippen LogP contribution in [0.25, 0.3) is 0 Å². The molecule has 0 saturated carbocycles. The van der Waals surface area contributed by atoms with Crippen LogP contribution in [0.15, 0.2) is 12.3 Å². The molecular weight excluding hydrogens is 162 g/mol. The highest BCUT2D eigenvalue weighted by Crippen LogP contribution is 2.17. The quantitative estimate of drug-likeness (QED) is 0.735. The van der Waals surface area contributed by atoms with Crippen molar-refractivity contribution in [1.82, 2.24) is 15.5 Å². The SMILES string of the molecule is c1cc(CCC2CCNCC2)[nH]n1. The van der Waals surface area contributed by atoms with Gasteiger partial charge in [-0.05, 0) is 50.8 Å². The molecule has 1 aliphatic rings. The summed E-state index contributed by atoms with van der Waals surface area (Å²) >= 11 is 0. The molecule has 2 N–H and O–H groups in total. The van der Waals surface area contributed by atoms with E-state index in [-0.39, 0.29) is 0 Å². The Balaban J connectivity index is 1.72. The van der Waals surface area contributed by atoms with Gasteiger partial charge < -0.3 is 5.32 Å². The van der Waals surface area contributed by atoms with E-state index in [9.17, 15) is 0 Å².